The van der Waals surface area contributed by atoms with Crippen molar-refractivity contribution in [2.45, 2.75) is 0 Å². The Morgan fingerprint density at radius 3 is 2.52 bits per heavy atom. The van der Waals surface area contributed by atoms with Crippen LogP contribution in [-0.2, 0) is 9.47 Å². The Balaban J connectivity index is 2.01. The van der Waals surface area contributed by atoms with Crippen LogP contribution in [0.3, 0.4) is 0 Å². The third-order valence-electron chi connectivity index (χ3n) is 3.82. The molecule has 0 radical (unpaired) electrons. The lowest BCUT2D eigenvalue weighted by Crippen LogP contribution is -2.32. The van der Waals surface area contributed by atoms with Crippen molar-refractivity contribution in [1.82, 2.24) is 25.0 Å². The maximum absolute atomic E-state index is 6.37. The number of aromatic nitrogens is 5. The summed E-state index contributed by atoms with van der Waals surface area (Å²) in [5.41, 5.74) is 8.42. The van der Waals surface area contributed by atoms with Gasteiger partial charge in [0.25, 0.3) is 0 Å². The standard InChI is InChI=1S/C16H21N7O2/c1-24-9-7-22(8-10-25-2)15-14(17)16(19-11-18-15)23-13-6-4-3-5-12(13)20-21-23/h3-6,11H,7-10,17H2,1-2H3. The first-order valence-corrected chi connectivity index (χ1v) is 7.90. The number of nitrogens with zero attached hydrogens (tertiary/aromatic N) is 6. The lowest BCUT2D eigenvalue weighted by molar-refractivity contribution is 0.190. The molecule has 3 aromatic rings. The molecule has 0 aliphatic carbocycles. The van der Waals surface area contributed by atoms with Crippen LogP contribution in [0.5, 0.6) is 0 Å². The van der Waals surface area contributed by atoms with Crippen LogP contribution in [0.4, 0.5) is 11.5 Å². The second-order valence-electron chi connectivity index (χ2n) is 5.40. The van der Waals surface area contributed by atoms with Gasteiger partial charge in [-0.05, 0) is 12.1 Å². The summed E-state index contributed by atoms with van der Waals surface area (Å²) in [6, 6.07) is 7.64. The fourth-order valence-electron chi connectivity index (χ4n) is 2.55. The Morgan fingerprint density at radius 2 is 1.80 bits per heavy atom. The van der Waals surface area contributed by atoms with Crippen LogP contribution >= 0.6 is 0 Å². The number of ether oxygens (including phenoxy) is 2. The maximum Gasteiger partial charge on any atom is 0.184 e. The molecule has 132 valence electrons. The molecular formula is C16H21N7O2. The number of nitrogen functional groups attached to an aromatic ring is 1. The van der Waals surface area contributed by atoms with Gasteiger partial charge in [-0.2, -0.15) is 4.68 Å². The first-order chi connectivity index (χ1) is 12.3. The molecule has 2 N–H and O–H groups in total. The Hall–Kier alpha value is -2.78. The van der Waals surface area contributed by atoms with Crippen molar-refractivity contribution in [3.05, 3.63) is 30.6 Å². The topological polar surface area (TPSA) is 104 Å². The van der Waals surface area contributed by atoms with Gasteiger partial charge in [-0.3, -0.25) is 0 Å². The van der Waals surface area contributed by atoms with Crippen LogP contribution in [0.15, 0.2) is 30.6 Å². The second kappa shape index (κ2) is 7.86. The predicted octanol–water partition coefficient (Wildman–Crippen LogP) is 0.892. The van der Waals surface area contributed by atoms with Gasteiger partial charge in [-0.15, -0.1) is 5.10 Å². The van der Waals surface area contributed by atoms with E-state index in [9.17, 15) is 0 Å². The number of nitrogens with two attached hydrogens (primary N) is 1. The first-order valence-electron chi connectivity index (χ1n) is 7.90. The van der Waals surface area contributed by atoms with Gasteiger partial charge >= 0.3 is 0 Å². The minimum absolute atomic E-state index is 0.436. The summed E-state index contributed by atoms with van der Waals surface area (Å²) in [4.78, 5) is 10.7. The van der Waals surface area contributed by atoms with Gasteiger partial charge in [-0.25, -0.2) is 9.97 Å². The van der Waals surface area contributed by atoms with Gasteiger partial charge < -0.3 is 20.1 Å². The van der Waals surface area contributed by atoms with Crippen molar-refractivity contribution >= 4 is 22.5 Å². The van der Waals surface area contributed by atoms with Gasteiger partial charge in [0, 0.05) is 27.3 Å². The van der Waals surface area contributed by atoms with Gasteiger partial charge in [0.2, 0.25) is 0 Å². The van der Waals surface area contributed by atoms with E-state index in [1.807, 2.05) is 29.2 Å². The fraction of sp³-hybridized carbons (Fsp3) is 0.375. The number of anilines is 2. The molecule has 0 unspecified atom stereocenters. The molecule has 0 aliphatic rings. The number of para-hydroxylation sites is 1. The van der Waals surface area contributed by atoms with E-state index in [2.05, 4.69) is 20.3 Å². The molecule has 9 heteroatoms. The highest BCUT2D eigenvalue weighted by molar-refractivity contribution is 5.79. The van der Waals surface area contributed by atoms with Crippen molar-refractivity contribution in [2.24, 2.45) is 0 Å². The van der Waals surface area contributed by atoms with Crippen LogP contribution < -0.4 is 10.6 Å². The molecule has 0 aliphatic heterocycles. The first kappa shape index (κ1) is 17.1. The highest BCUT2D eigenvalue weighted by Gasteiger charge is 2.18. The summed E-state index contributed by atoms with van der Waals surface area (Å²) >= 11 is 0. The van der Waals surface area contributed by atoms with E-state index in [1.54, 1.807) is 18.9 Å². The van der Waals surface area contributed by atoms with E-state index in [4.69, 9.17) is 15.2 Å². The quantitative estimate of drug-likeness (QED) is 0.643. The van der Waals surface area contributed by atoms with Crippen molar-refractivity contribution < 1.29 is 9.47 Å². The molecule has 0 amide bonds. The predicted molar refractivity (Wildman–Crippen MR) is 94.8 cm³/mol. The van der Waals surface area contributed by atoms with Crippen molar-refractivity contribution in [1.29, 1.82) is 0 Å². The average Bonchev–Trinajstić information content (AvgIpc) is 3.06. The highest BCUT2D eigenvalue weighted by atomic mass is 16.5. The minimum Gasteiger partial charge on any atom is -0.393 e. The van der Waals surface area contributed by atoms with Crippen LogP contribution in [-0.4, -0.2) is 65.5 Å². The molecule has 0 bridgehead atoms. The molecule has 2 heterocycles. The number of hydrogen-bond acceptors (Lipinski definition) is 8. The largest absolute Gasteiger partial charge is 0.393 e. The molecule has 0 saturated carbocycles. The number of hydrogen-bond donors (Lipinski definition) is 1. The zero-order valence-electron chi connectivity index (χ0n) is 14.3. The Kier molecular flexibility index (Phi) is 5.36. The molecule has 0 spiro atoms. The lowest BCUT2D eigenvalue weighted by Gasteiger charge is -2.24. The lowest BCUT2D eigenvalue weighted by atomic mass is 10.3. The summed E-state index contributed by atoms with van der Waals surface area (Å²) in [6.07, 6.45) is 1.48. The van der Waals surface area contributed by atoms with E-state index in [0.29, 0.717) is 43.6 Å². The second-order valence-corrected chi connectivity index (χ2v) is 5.40. The zero-order chi connectivity index (χ0) is 17.6. The molecule has 9 nitrogen and oxygen atoms in total. The van der Waals surface area contributed by atoms with Crippen LogP contribution in [0.1, 0.15) is 0 Å². The number of fused-ring (bicyclic) bond motifs is 1. The SMILES string of the molecule is COCCN(CCOC)c1ncnc(-n2nnc3ccccc32)c1N. The minimum atomic E-state index is 0.436. The summed E-state index contributed by atoms with van der Waals surface area (Å²) < 4.78 is 12.0. The smallest absolute Gasteiger partial charge is 0.184 e. The van der Waals surface area contributed by atoms with Gasteiger partial charge in [-0.1, -0.05) is 17.3 Å². The van der Waals surface area contributed by atoms with E-state index < -0.39 is 0 Å². The molecule has 2 aromatic heterocycles. The van der Waals surface area contributed by atoms with E-state index in [-0.39, 0.29) is 0 Å². The molecule has 0 saturated heterocycles. The average molecular weight is 343 g/mol. The summed E-state index contributed by atoms with van der Waals surface area (Å²) in [7, 11) is 3.32. The monoisotopic (exact) mass is 343 g/mol. The Morgan fingerprint density at radius 1 is 1.08 bits per heavy atom. The zero-order valence-corrected chi connectivity index (χ0v) is 14.3. The third-order valence-corrected chi connectivity index (χ3v) is 3.82. The van der Waals surface area contributed by atoms with Crippen molar-refractivity contribution in [3.63, 3.8) is 0 Å². The van der Waals surface area contributed by atoms with Crippen LogP contribution in [0.25, 0.3) is 16.9 Å². The number of methoxy groups -OCH3 is 2. The third kappa shape index (κ3) is 3.52. The maximum atomic E-state index is 6.37. The van der Waals surface area contributed by atoms with E-state index in [0.717, 1.165) is 11.0 Å². The number of rotatable bonds is 8. The fourth-order valence-corrected chi connectivity index (χ4v) is 2.55. The summed E-state index contributed by atoms with van der Waals surface area (Å²) in [5, 5.41) is 8.33. The summed E-state index contributed by atoms with van der Waals surface area (Å²) in [6.45, 7) is 2.38. The molecule has 0 fully saturated rings. The Bertz CT molecular complexity index is 828. The van der Waals surface area contributed by atoms with E-state index >= 15 is 0 Å². The van der Waals surface area contributed by atoms with Gasteiger partial charge in [0.15, 0.2) is 11.6 Å². The van der Waals surface area contributed by atoms with Gasteiger partial charge in [0.1, 0.15) is 17.5 Å². The molecule has 1 aromatic carbocycles. The molecule has 25 heavy (non-hydrogen) atoms. The molecule has 0 atom stereocenters. The highest BCUT2D eigenvalue weighted by Crippen LogP contribution is 2.26. The van der Waals surface area contributed by atoms with Crippen molar-refractivity contribution in [2.75, 3.05) is 51.2 Å². The van der Waals surface area contributed by atoms with Crippen LogP contribution in [0.2, 0.25) is 0 Å². The molecular weight excluding hydrogens is 322 g/mol. The Labute approximate surface area is 145 Å². The van der Waals surface area contributed by atoms with Crippen LogP contribution in [0, 0.1) is 0 Å². The molecule has 3 rings (SSSR count). The number of benzene rings is 1. The normalized spacial score (nSPS) is 11.1. The summed E-state index contributed by atoms with van der Waals surface area (Å²) in [5.74, 6) is 1.12. The van der Waals surface area contributed by atoms with Gasteiger partial charge in [0.05, 0.1) is 18.7 Å². The van der Waals surface area contributed by atoms with Crippen molar-refractivity contribution in [3.8, 4) is 5.82 Å². The van der Waals surface area contributed by atoms with E-state index in [1.165, 1.54) is 6.33 Å².